The molecule has 0 bridgehead atoms. The minimum absolute atomic E-state index is 0.119. The van der Waals surface area contributed by atoms with E-state index in [0.717, 1.165) is 25.7 Å². The molecule has 2 atom stereocenters. The van der Waals surface area contributed by atoms with Crippen molar-refractivity contribution >= 4 is 16.1 Å². The molecule has 1 heterocycles. The average molecular weight is 333 g/mol. The SMILES string of the molecule is COCCN1C(=O)CC[C@]2(CNS(=O)(=O)N(C)C)CCC[C@@H]12. The highest BCUT2D eigenvalue weighted by Crippen LogP contribution is 2.47. The normalized spacial score (nSPS) is 29.2. The van der Waals surface area contributed by atoms with Gasteiger partial charge in [-0.2, -0.15) is 12.7 Å². The molecule has 22 heavy (non-hydrogen) atoms. The summed E-state index contributed by atoms with van der Waals surface area (Å²) in [6.07, 6.45) is 4.19. The molecule has 0 spiro atoms. The first-order chi connectivity index (χ1) is 10.3. The van der Waals surface area contributed by atoms with Crippen LogP contribution in [0.4, 0.5) is 0 Å². The van der Waals surface area contributed by atoms with Gasteiger partial charge in [-0.3, -0.25) is 4.79 Å². The van der Waals surface area contributed by atoms with Gasteiger partial charge in [0.2, 0.25) is 5.91 Å². The van der Waals surface area contributed by atoms with E-state index >= 15 is 0 Å². The van der Waals surface area contributed by atoms with Crippen molar-refractivity contribution in [1.29, 1.82) is 0 Å². The molecular weight excluding hydrogens is 306 g/mol. The number of ether oxygens (including phenoxy) is 1. The number of likely N-dealkylation sites (tertiary alicyclic amines) is 1. The highest BCUT2D eigenvalue weighted by atomic mass is 32.2. The maximum absolute atomic E-state index is 12.2. The largest absolute Gasteiger partial charge is 0.383 e. The number of nitrogens with one attached hydrogen (secondary N) is 1. The van der Waals surface area contributed by atoms with E-state index in [2.05, 4.69) is 4.72 Å². The van der Waals surface area contributed by atoms with E-state index in [1.165, 1.54) is 18.4 Å². The predicted octanol–water partition coefficient (Wildman–Crippen LogP) is 0.190. The first-order valence-corrected chi connectivity index (χ1v) is 9.22. The van der Waals surface area contributed by atoms with Crippen molar-refractivity contribution in [3.63, 3.8) is 0 Å². The Balaban J connectivity index is 2.12. The standard InChI is InChI=1S/C14H27N3O4S/c1-16(2)22(19,20)15-11-14-7-4-5-12(14)17(9-10-21-3)13(18)6-8-14/h12,15H,4-11H2,1-3H3/t12-,14+/m1/s1. The number of rotatable bonds is 7. The van der Waals surface area contributed by atoms with Crippen molar-refractivity contribution in [3.05, 3.63) is 0 Å². The van der Waals surface area contributed by atoms with Crippen LogP contribution >= 0.6 is 0 Å². The minimum Gasteiger partial charge on any atom is -0.383 e. The summed E-state index contributed by atoms with van der Waals surface area (Å²) in [4.78, 5) is 14.1. The van der Waals surface area contributed by atoms with Gasteiger partial charge in [0, 0.05) is 52.2 Å². The minimum atomic E-state index is -3.43. The van der Waals surface area contributed by atoms with Crippen LogP contribution in [0.25, 0.3) is 0 Å². The molecule has 0 aromatic carbocycles. The van der Waals surface area contributed by atoms with Gasteiger partial charge < -0.3 is 9.64 Å². The summed E-state index contributed by atoms with van der Waals surface area (Å²) in [6.45, 7) is 1.50. The summed E-state index contributed by atoms with van der Waals surface area (Å²) in [5.41, 5.74) is -0.134. The van der Waals surface area contributed by atoms with Crippen LogP contribution in [0, 0.1) is 5.41 Å². The van der Waals surface area contributed by atoms with Crippen molar-refractivity contribution in [2.45, 2.75) is 38.1 Å². The summed E-state index contributed by atoms with van der Waals surface area (Å²) in [5.74, 6) is 0.162. The summed E-state index contributed by atoms with van der Waals surface area (Å²) >= 11 is 0. The molecule has 0 radical (unpaired) electrons. The molecule has 1 saturated heterocycles. The second kappa shape index (κ2) is 6.82. The summed E-state index contributed by atoms with van der Waals surface area (Å²) in [5, 5.41) is 0. The molecule has 1 aliphatic heterocycles. The molecule has 1 saturated carbocycles. The van der Waals surface area contributed by atoms with Gasteiger partial charge in [0.05, 0.1) is 6.61 Å². The number of amides is 1. The highest BCUT2D eigenvalue weighted by molar-refractivity contribution is 7.87. The van der Waals surface area contributed by atoms with Crippen LogP contribution in [0.15, 0.2) is 0 Å². The Morgan fingerprint density at radius 2 is 2.14 bits per heavy atom. The third-order valence-electron chi connectivity index (χ3n) is 5.02. The fraction of sp³-hybridized carbons (Fsp3) is 0.929. The average Bonchev–Trinajstić information content (AvgIpc) is 2.89. The van der Waals surface area contributed by atoms with E-state index in [9.17, 15) is 13.2 Å². The van der Waals surface area contributed by atoms with E-state index in [-0.39, 0.29) is 17.4 Å². The number of carbonyl (C=O) groups excluding carboxylic acids is 1. The zero-order valence-corrected chi connectivity index (χ0v) is 14.5. The van der Waals surface area contributed by atoms with Crippen molar-refractivity contribution in [3.8, 4) is 0 Å². The highest BCUT2D eigenvalue weighted by Gasteiger charge is 2.50. The zero-order chi connectivity index (χ0) is 16.4. The lowest BCUT2D eigenvalue weighted by Crippen LogP contribution is -2.57. The van der Waals surface area contributed by atoms with Crippen molar-refractivity contribution in [2.24, 2.45) is 5.41 Å². The van der Waals surface area contributed by atoms with Crippen molar-refractivity contribution < 1.29 is 17.9 Å². The van der Waals surface area contributed by atoms with Gasteiger partial charge in [-0.25, -0.2) is 4.72 Å². The Bertz CT molecular complexity index is 508. The molecule has 1 amide bonds. The lowest BCUT2D eigenvalue weighted by atomic mass is 9.74. The molecule has 1 N–H and O–H groups in total. The summed E-state index contributed by atoms with van der Waals surface area (Å²) in [7, 11) is 1.22. The Morgan fingerprint density at radius 1 is 1.41 bits per heavy atom. The molecule has 2 fully saturated rings. The van der Waals surface area contributed by atoms with Crippen LogP contribution in [0.5, 0.6) is 0 Å². The van der Waals surface area contributed by atoms with Gasteiger partial charge in [-0.15, -0.1) is 0 Å². The number of nitrogens with zero attached hydrogens (tertiary/aromatic N) is 2. The second-order valence-electron chi connectivity index (χ2n) is 6.46. The van der Waals surface area contributed by atoms with E-state index in [4.69, 9.17) is 4.74 Å². The predicted molar refractivity (Wildman–Crippen MR) is 83.5 cm³/mol. The molecular formula is C14H27N3O4S. The monoisotopic (exact) mass is 333 g/mol. The van der Waals surface area contributed by atoms with E-state index < -0.39 is 10.2 Å². The Hall–Kier alpha value is -0.700. The Labute approximate surface area is 133 Å². The van der Waals surface area contributed by atoms with Gasteiger partial charge >= 0.3 is 0 Å². The van der Waals surface area contributed by atoms with Gasteiger partial charge in [0.15, 0.2) is 0 Å². The van der Waals surface area contributed by atoms with E-state index in [1.54, 1.807) is 7.11 Å². The Morgan fingerprint density at radius 3 is 2.77 bits per heavy atom. The van der Waals surface area contributed by atoms with Crippen LogP contribution in [-0.4, -0.2) is 70.5 Å². The fourth-order valence-corrected chi connectivity index (χ4v) is 4.43. The van der Waals surface area contributed by atoms with E-state index in [1.807, 2.05) is 4.90 Å². The zero-order valence-electron chi connectivity index (χ0n) is 13.7. The summed E-state index contributed by atoms with van der Waals surface area (Å²) < 4.78 is 33.0. The van der Waals surface area contributed by atoms with Crippen LogP contribution in [0.3, 0.4) is 0 Å². The molecule has 2 aliphatic rings. The van der Waals surface area contributed by atoms with Gasteiger partial charge in [0.25, 0.3) is 10.2 Å². The number of fused-ring (bicyclic) bond motifs is 1. The fourth-order valence-electron chi connectivity index (χ4n) is 3.70. The Kier molecular flexibility index (Phi) is 5.47. The van der Waals surface area contributed by atoms with Gasteiger partial charge in [-0.05, 0) is 19.3 Å². The maximum Gasteiger partial charge on any atom is 0.278 e. The maximum atomic E-state index is 12.2. The molecule has 0 unspecified atom stereocenters. The molecule has 7 nitrogen and oxygen atoms in total. The number of piperidine rings is 1. The van der Waals surface area contributed by atoms with Gasteiger partial charge in [-0.1, -0.05) is 6.42 Å². The van der Waals surface area contributed by atoms with Gasteiger partial charge in [0.1, 0.15) is 0 Å². The van der Waals surface area contributed by atoms with Crippen LogP contribution in [0.2, 0.25) is 0 Å². The molecule has 0 aromatic rings. The second-order valence-corrected chi connectivity index (χ2v) is 8.43. The molecule has 128 valence electrons. The molecule has 1 aliphatic carbocycles. The van der Waals surface area contributed by atoms with Crippen LogP contribution in [-0.2, 0) is 19.7 Å². The van der Waals surface area contributed by atoms with Crippen LogP contribution < -0.4 is 4.72 Å². The number of carbonyl (C=O) groups is 1. The first-order valence-electron chi connectivity index (χ1n) is 7.78. The molecule has 8 heteroatoms. The number of hydrogen-bond acceptors (Lipinski definition) is 4. The third kappa shape index (κ3) is 3.45. The summed E-state index contributed by atoms with van der Waals surface area (Å²) in [6, 6.07) is 0.119. The first kappa shape index (κ1) is 17.7. The smallest absolute Gasteiger partial charge is 0.278 e. The molecule has 2 rings (SSSR count). The number of methoxy groups -OCH3 is 1. The molecule has 0 aromatic heterocycles. The lowest BCUT2D eigenvalue weighted by Gasteiger charge is -2.46. The lowest BCUT2D eigenvalue weighted by molar-refractivity contribution is -0.142. The topological polar surface area (TPSA) is 79.0 Å². The van der Waals surface area contributed by atoms with Crippen molar-refractivity contribution in [1.82, 2.24) is 13.9 Å². The third-order valence-corrected chi connectivity index (χ3v) is 6.49. The quantitative estimate of drug-likeness (QED) is 0.721. The van der Waals surface area contributed by atoms with Crippen LogP contribution in [0.1, 0.15) is 32.1 Å². The van der Waals surface area contributed by atoms with Crippen molar-refractivity contribution in [2.75, 3.05) is 40.9 Å². The van der Waals surface area contributed by atoms with E-state index in [0.29, 0.717) is 26.1 Å². The number of hydrogen-bond donors (Lipinski definition) is 1.